The highest BCUT2D eigenvalue weighted by molar-refractivity contribution is 5.71. The summed E-state index contributed by atoms with van der Waals surface area (Å²) < 4.78 is 22.3. The summed E-state index contributed by atoms with van der Waals surface area (Å²) in [5.41, 5.74) is 2.14. The number of carbonyl (C=O) groups is 1. The third-order valence-corrected chi connectivity index (χ3v) is 4.49. The first kappa shape index (κ1) is 20.2. The molecular weight excluding hydrogens is 400 g/mol. The van der Waals surface area contributed by atoms with E-state index >= 15 is 0 Å². The van der Waals surface area contributed by atoms with Crippen molar-refractivity contribution in [3.05, 3.63) is 83.4 Å². The predicted octanol–water partition coefficient (Wildman–Crippen LogP) is 4.42. The van der Waals surface area contributed by atoms with E-state index in [-0.39, 0.29) is 19.6 Å². The van der Waals surface area contributed by atoms with Gasteiger partial charge in [0.05, 0.1) is 6.42 Å². The Morgan fingerprint density at radius 1 is 1.03 bits per heavy atom. The second-order valence-electron chi connectivity index (χ2n) is 6.77. The Balaban J connectivity index is 1.35. The van der Waals surface area contributed by atoms with Crippen molar-refractivity contribution >= 4 is 5.97 Å². The van der Waals surface area contributed by atoms with Gasteiger partial charge in [0.15, 0.2) is 5.76 Å². The molecular formula is C23H20N2O6. The van der Waals surface area contributed by atoms with Gasteiger partial charge in [-0.05, 0) is 30.3 Å². The van der Waals surface area contributed by atoms with E-state index in [1.807, 2.05) is 37.3 Å². The van der Waals surface area contributed by atoms with Gasteiger partial charge < -0.3 is 23.5 Å². The molecule has 0 atom stereocenters. The van der Waals surface area contributed by atoms with Crippen molar-refractivity contribution in [1.29, 1.82) is 0 Å². The molecule has 0 spiro atoms. The van der Waals surface area contributed by atoms with Crippen LogP contribution in [0.15, 0.2) is 69.6 Å². The number of rotatable bonds is 9. The van der Waals surface area contributed by atoms with Crippen LogP contribution >= 0.6 is 0 Å². The van der Waals surface area contributed by atoms with Crippen LogP contribution in [0.4, 0.5) is 0 Å². The predicted molar refractivity (Wildman–Crippen MR) is 110 cm³/mol. The lowest BCUT2D eigenvalue weighted by Gasteiger charge is -2.08. The molecule has 0 fully saturated rings. The normalized spacial score (nSPS) is 10.7. The number of carboxylic acids is 1. The van der Waals surface area contributed by atoms with Crippen molar-refractivity contribution in [2.24, 2.45) is 0 Å². The van der Waals surface area contributed by atoms with Crippen LogP contribution in [0, 0.1) is 6.92 Å². The zero-order valence-electron chi connectivity index (χ0n) is 16.8. The minimum absolute atomic E-state index is 0.0914. The van der Waals surface area contributed by atoms with E-state index in [2.05, 4.69) is 10.1 Å². The summed E-state index contributed by atoms with van der Waals surface area (Å²) in [6, 6.07) is 18.2. The second kappa shape index (κ2) is 9.17. The monoisotopic (exact) mass is 420 g/mol. The Bertz CT molecular complexity index is 1170. The molecule has 0 aliphatic rings. The number of oxazole rings is 1. The summed E-state index contributed by atoms with van der Waals surface area (Å²) in [5.74, 6) is 1.50. The molecule has 4 aromatic rings. The van der Waals surface area contributed by atoms with Crippen molar-refractivity contribution < 1.29 is 28.3 Å². The van der Waals surface area contributed by atoms with E-state index in [0.29, 0.717) is 40.3 Å². The molecule has 0 bridgehead atoms. The van der Waals surface area contributed by atoms with Gasteiger partial charge in [-0.2, -0.15) is 0 Å². The van der Waals surface area contributed by atoms with Crippen molar-refractivity contribution in [2.45, 2.75) is 26.6 Å². The summed E-state index contributed by atoms with van der Waals surface area (Å²) in [5, 5.41) is 12.9. The molecule has 1 N–H and O–H groups in total. The van der Waals surface area contributed by atoms with Crippen LogP contribution in [-0.4, -0.2) is 21.2 Å². The molecule has 2 aromatic heterocycles. The maximum absolute atomic E-state index is 11.0. The first-order valence-corrected chi connectivity index (χ1v) is 9.61. The number of para-hydroxylation sites is 1. The van der Waals surface area contributed by atoms with Gasteiger partial charge in [0.25, 0.3) is 5.88 Å². The molecule has 2 aromatic carbocycles. The standard InChI is InChI=1S/C23H20N2O6/c1-15-19(24-23(30-15)16-7-3-2-4-8-16)14-29-21-12-18(31-25-21)13-28-20-10-6-5-9-17(20)11-22(26)27/h2-10,12H,11,13-14H2,1H3,(H,26,27). The molecule has 0 amide bonds. The van der Waals surface area contributed by atoms with Gasteiger partial charge in [0.2, 0.25) is 5.89 Å². The number of aliphatic carboxylic acids is 1. The smallest absolute Gasteiger partial charge is 0.307 e. The molecule has 0 unspecified atom stereocenters. The van der Waals surface area contributed by atoms with Crippen LogP contribution in [0.3, 0.4) is 0 Å². The summed E-state index contributed by atoms with van der Waals surface area (Å²) in [7, 11) is 0. The average Bonchev–Trinajstić information content (AvgIpc) is 3.38. The fourth-order valence-corrected chi connectivity index (χ4v) is 2.94. The summed E-state index contributed by atoms with van der Waals surface area (Å²) in [4.78, 5) is 15.5. The van der Waals surface area contributed by atoms with Gasteiger partial charge in [0.1, 0.15) is 30.4 Å². The van der Waals surface area contributed by atoms with Gasteiger partial charge in [-0.15, -0.1) is 0 Å². The highest BCUT2D eigenvalue weighted by Crippen LogP contribution is 2.24. The first-order valence-electron chi connectivity index (χ1n) is 9.61. The van der Waals surface area contributed by atoms with Crippen LogP contribution in [0.25, 0.3) is 11.5 Å². The first-order chi connectivity index (χ1) is 15.1. The highest BCUT2D eigenvalue weighted by Gasteiger charge is 2.14. The minimum Gasteiger partial charge on any atom is -0.485 e. The van der Waals surface area contributed by atoms with Gasteiger partial charge in [-0.1, -0.05) is 36.4 Å². The molecule has 2 heterocycles. The molecule has 0 aliphatic carbocycles. The number of benzene rings is 2. The number of aromatic nitrogens is 2. The Morgan fingerprint density at radius 2 is 1.81 bits per heavy atom. The third-order valence-electron chi connectivity index (χ3n) is 4.49. The van der Waals surface area contributed by atoms with E-state index in [0.717, 1.165) is 5.56 Å². The zero-order chi connectivity index (χ0) is 21.6. The van der Waals surface area contributed by atoms with Crippen molar-refractivity contribution in [2.75, 3.05) is 0 Å². The molecule has 8 nitrogen and oxygen atoms in total. The van der Waals surface area contributed by atoms with E-state index in [9.17, 15) is 4.79 Å². The Kier molecular flexibility index (Phi) is 5.98. The number of carboxylic acid groups (broad SMARTS) is 1. The Hall–Kier alpha value is -4.07. The van der Waals surface area contributed by atoms with Crippen molar-refractivity contribution in [1.82, 2.24) is 10.1 Å². The lowest BCUT2D eigenvalue weighted by Crippen LogP contribution is -2.03. The fourth-order valence-electron chi connectivity index (χ4n) is 2.94. The van der Waals surface area contributed by atoms with E-state index in [1.165, 1.54) is 0 Å². The molecule has 4 rings (SSSR count). The topological polar surface area (TPSA) is 108 Å². The van der Waals surface area contributed by atoms with Crippen LogP contribution in [0.2, 0.25) is 0 Å². The SMILES string of the molecule is Cc1oc(-c2ccccc2)nc1COc1cc(COc2ccccc2CC(=O)O)on1. The Morgan fingerprint density at radius 3 is 2.61 bits per heavy atom. The van der Waals surface area contributed by atoms with Crippen LogP contribution in [-0.2, 0) is 24.4 Å². The van der Waals surface area contributed by atoms with Crippen molar-refractivity contribution in [3.8, 4) is 23.1 Å². The van der Waals surface area contributed by atoms with Crippen molar-refractivity contribution in [3.63, 3.8) is 0 Å². The summed E-state index contributed by atoms with van der Waals surface area (Å²) in [6.07, 6.45) is -0.122. The van der Waals surface area contributed by atoms with Gasteiger partial charge in [-0.25, -0.2) is 4.98 Å². The molecule has 8 heteroatoms. The maximum atomic E-state index is 11.0. The van der Waals surface area contributed by atoms with Gasteiger partial charge in [0, 0.05) is 17.2 Å². The van der Waals surface area contributed by atoms with Gasteiger partial charge in [-0.3, -0.25) is 4.79 Å². The molecule has 31 heavy (non-hydrogen) atoms. The Labute approximate surface area is 178 Å². The third kappa shape index (κ3) is 5.11. The van der Waals surface area contributed by atoms with E-state index in [4.69, 9.17) is 23.5 Å². The average molecular weight is 420 g/mol. The van der Waals surface area contributed by atoms with E-state index < -0.39 is 5.97 Å². The number of hydrogen-bond donors (Lipinski definition) is 1. The number of aryl methyl sites for hydroxylation is 1. The van der Waals surface area contributed by atoms with Gasteiger partial charge >= 0.3 is 5.97 Å². The lowest BCUT2D eigenvalue weighted by molar-refractivity contribution is -0.136. The number of nitrogens with zero attached hydrogens (tertiary/aromatic N) is 2. The fraction of sp³-hybridized carbons (Fsp3) is 0.174. The summed E-state index contributed by atoms with van der Waals surface area (Å²) >= 11 is 0. The number of hydrogen-bond acceptors (Lipinski definition) is 7. The van der Waals surface area contributed by atoms with Crippen LogP contribution in [0.5, 0.6) is 11.6 Å². The summed E-state index contributed by atoms with van der Waals surface area (Å²) in [6.45, 7) is 2.10. The lowest BCUT2D eigenvalue weighted by atomic mass is 10.1. The second-order valence-corrected chi connectivity index (χ2v) is 6.77. The molecule has 158 valence electrons. The van der Waals surface area contributed by atoms with Crippen LogP contribution in [0.1, 0.15) is 22.8 Å². The minimum atomic E-state index is -0.926. The highest BCUT2D eigenvalue weighted by atomic mass is 16.5. The molecule has 0 saturated heterocycles. The van der Waals surface area contributed by atoms with Crippen LogP contribution < -0.4 is 9.47 Å². The maximum Gasteiger partial charge on any atom is 0.307 e. The largest absolute Gasteiger partial charge is 0.485 e. The molecule has 0 saturated carbocycles. The quantitative estimate of drug-likeness (QED) is 0.424. The zero-order valence-corrected chi connectivity index (χ0v) is 16.8. The number of ether oxygens (including phenoxy) is 2. The molecule has 0 radical (unpaired) electrons. The van der Waals surface area contributed by atoms with E-state index in [1.54, 1.807) is 30.3 Å². The molecule has 0 aliphatic heterocycles.